The topological polar surface area (TPSA) is 115 Å². The molecule has 0 saturated carbocycles. The fraction of sp³-hybridized carbons (Fsp3) is 0.333. The lowest BCUT2D eigenvalue weighted by Gasteiger charge is -2.28. The van der Waals surface area contributed by atoms with E-state index in [0.717, 1.165) is 15.9 Å². The zero-order valence-electron chi connectivity index (χ0n) is 15.4. The van der Waals surface area contributed by atoms with Crippen LogP contribution in [-0.4, -0.2) is 30.9 Å². The molecule has 0 spiro atoms. The van der Waals surface area contributed by atoms with Crippen molar-refractivity contribution in [2.24, 2.45) is 7.05 Å². The Morgan fingerprint density at radius 3 is 2.52 bits per heavy atom. The van der Waals surface area contributed by atoms with E-state index in [1.165, 1.54) is 11.6 Å². The molecular formula is C18H22N3O5S-. The maximum absolute atomic E-state index is 12.3. The first-order valence-electron chi connectivity index (χ1n) is 8.39. The van der Waals surface area contributed by atoms with Gasteiger partial charge in [0.15, 0.2) is 11.4 Å². The largest absolute Gasteiger partial charge is 0.755 e. The molecule has 8 nitrogen and oxygen atoms in total. The summed E-state index contributed by atoms with van der Waals surface area (Å²) in [7, 11) is 1.50. The van der Waals surface area contributed by atoms with E-state index in [-0.39, 0.29) is 17.9 Å². The molecule has 2 N–H and O–H groups in total. The first kappa shape index (κ1) is 20.7. The highest BCUT2D eigenvalue weighted by atomic mass is 32.2. The summed E-state index contributed by atoms with van der Waals surface area (Å²) in [5.41, 5.74) is 0.717. The Morgan fingerprint density at radius 1 is 1.33 bits per heavy atom. The van der Waals surface area contributed by atoms with Crippen LogP contribution >= 0.6 is 0 Å². The number of benzene rings is 1. The summed E-state index contributed by atoms with van der Waals surface area (Å²) >= 11 is -2.60. The van der Waals surface area contributed by atoms with E-state index in [9.17, 15) is 23.5 Å². The normalized spacial score (nSPS) is 11.9. The van der Waals surface area contributed by atoms with Crippen molar-refractivity contribution >= 4 is 22.9 Å². The van der Waals surface area contributed by atoms with Crippen LogP contribution in [0.3, 0.4) is 0 Å². The highest BCUT2D eigenvalue weighted by Gasteiger charge is 2.20. The van der Waals surface area contributed by atoms with Gasteiger partial charge in [-0.2, -0.15) is 0 Å². The molecule has 1 heterocycles. The molecule has 0 saturated heterocycles. The van der Waals surface area contributed by atoms with Gasteiger partial charge in [0, 0.05) is 42.3 Å². The van der Waals surface area contributed by atoms with Crippen LogP contribution in [0.4, 0.5) is 5.69 Å². The molecule has 1 aromatic heterocycles. The van der Waals surface area contributed by atoms with Gasteiger partial charge in [-0.1, -0.05) is 24.6 Å². The lowest BCUT2D eigenvalue weighted by atomic mass is 10.2. The number of aryl methyl sites for hydroxylation is 1. The van der Waals surface area contributed by atoms with Crippen molar-refractivity contribution in [1.29, 1.82) is 0 Å². The van der Waals surface area contributed by atoms with E-state index in [0.29, 0.717) is 18.7 Å². The monoisotopic (exact) mass is 392 g/mol. The third kappa shape index (κ3) is 4.75. The predicted octanol–water partition coefficient (Wildman–Crippen LogP) is 1.34. The molecule has 2 rings (SSSR count). The van der Waals surface area contributed by atoms with Gasteiger partial charge in [0.1, 0.15) is 0 Å². The standard InChI is InChI=1S/C18H23N3O5S/c1-4-9-19-18(24)16-17(23)15(22)10-14(20(16)3)11-21(27(25)26)13-7-5-12(2)6-8-13/h5-8,10,23H,4,9,11H2,1-3H3,(H,19,24)(H,25,26)/p-1. The molecule has 1 aromatic carbocycles. The number of rotatable bonds is 7. The number of aromatic hydroxyl groups is 1. The molecule has 1 amide bonds. The molecule has 0 aliphatic carbocycles. The number of carbonyl (C=O) groups excluding carboxylic acids is 1. The van der Waals surface area contributed by atoms with Crippen molar-refractivity contribution in [2.75, 3.05) is 10.8 Å². The number of pyridine rings is 1. The van der Waals surface area contributed by atoms with Crippen molar-refractivity contribution in [2.45, 2.75) is 26.8 Å². The quantitative estimate of drug-likeness (QED) is 0.690. The molecular weight excluding hydrogens is 370 g/mol. The summed E-state index contributed by atoms with van der Waals surface area (Å²) in [6.45, 7) is 3.97. The molecule has 0 fully saturated rings. The summed E-state index contributed by atoms with van der Waals surface area (Å²) in [5, 5.41) is 12.6. The number of amides is 1. The predicted molar refractivity (Wildman–Crippen MR) is 102 cm³/mol. The van der Waals surface area contributed by atoms with Gasteiger partial charge in [0.25, 0.3) is 5.91 Å². The average Bonchev–Trinajstić information content (AvgIpc) is 2.62. The summed E-state index contributed by atoms with van der Waals surface area (Å²) < 4.78 is 25.8. The Bertz CT molecular complexity index is 908. The van der Waals surface area contributed by atoms with Crippen LogP contribution in [-0.2, 0) is 24.9 Å². The minimum absolute atomic E-state index is 0.167. The second kappa shape index (κ2) is 8.83. The second-order valence-corrected chi connectivity index (χ2v) is 6.98. The molecule has 27 heavy (non-hydrogen) atoms. The lowest BCUT2D eigenvalue weighted by Crippen LogP contribution is -2.32. The molecule has 0 aliphatic rings. The fourth-order valence-corrected chi connectivity index (χ4v) is 3.09. The number of aromatic nitrogens is 1. The van der Waals surface area contributed by atoms with Gasteiger partial charge >= 0.3 is 0 Å². The van der Waals surface area contributed by atoms with E-state index in [2.05, 4.69) is 5.32 Å². The van der Waals surface area contributed by atoms with Crippen molar-refractivity contribution < 1.29 is 18.7 Å². The smallest absolute Gasteiger partial charge is 0.271 e. The molecule has 1 unspecified atom stereocenters. The molecule has 1 atom stereocenters. The van der Waals surface area contributed by atoms with E-state index in [1.807, 2.05) is 13.8 Å². The Hall–Kier alpha value is -2.65. The van der Waals surface area contributed by atoms with Crippen molar-refractivity contribution in [3.8, 4) is 5.75 Å². The van der Waals surface area contributed by atoms with Gasteiger partial charge in [0.2, 0.25) is 5.43 Å². The highest BCUT2D eigenvalue weighted by molar-refractivity contribution is 7.80. The summed E-state index contributed by atoms with van der Waals surface area (Å²) in [6, 6.07) is 7.97. The minimum atomic E-state index is -2.60. The maximum Gasteiger partial charge on any atom is 0.271 e. The molecule has 146 valence electrons. The first-order valence-corrected chi connectivity index (χ1v) is 9.43. The lowest BCUT2D eigenvalue weighted by molar-refractivity contribution is 0.0940. The van der Waals surface area contributed by atoms with Crippen LogP contribution in [0.2, 0.25) is 0 Å². The summed E-state index contributed by atoms with van der Waals surface area (Å²) in [6.07, 6.45) is 0.691. The zero-order valence-corrected chi connectivity index (χ0v) is 16.2. The summed E-state index contributed by atoms with van der Waals surface area (Å²) in [4.78, 5) is 24.4. The fourth-order valence-electron chi connectivity index (χ4n) is 2.56. The zero-order chi connectivity index (χ0) is 20.1. The maximum atomic E-state index is 12.3. The van der Waals surface area contributed by atoms with Crippen molar-refractivity contribution in [3.63, 3.8) is 0 Å². The Balaban J connectivity index is 2.46. The number of anilines is 1. The van der Waals surface area contributed by atoms with Crippen molar-refractivity contribution in [1.82, 2.24) is 9.88 Å². The van der Waals surface area contributed by atoms with Crippen LogP contribution in [0.25, 0.3) is 0 Å². The number of nitrogens with one attached hydrogen (secondary N) is 1. The van der Waals surface area contributed by atoms with Crippen LogP contribution in [0.5, 0.6) is 5.75 Å². The second-order valence-electron chi connectivity index (χ2n) is 6.10. The minimum Gasteiger partial charge on any atom is -0.755 e. The number of carbonyl (C=O) groups is 1. The summed E-state index contributed by atoms with van der Waals surface area (Å²) in [5.74, 6) is -1.26. The Kier molecular flexibility index (Phi) is 6.75. The van der Waals surface area contributed by atoms with Crippen LogP contribution in [0.1, 0.15) is 35.1 Å². The third-order valence-electron chi connectivity index (χ3n) is 4.08. The van der Waals surface area contributed by atoms with Crippen molar-refractivity contribution in [3.05, 3.63) is 57.5 Å². The molecule has 2 aromatic rings. The van der Waals surface area contributed by atoms with Gasteiger partial charge < -0.3 is 19.5 Å². The van der Waals surface area contributed by atoms with Crippen LogP contribution in [0, 0.1) is 6.92 Å². The average molecular weight is 392 g/mol. The van der Waals surface area contributed by atoms with Gasteiger partial charge in [-0.05, 0) is 25.5 Å². The van der Waals surface area contributed by atoms with Crippen LogP contribution in [0.15, 0.2) is 35.1 Å². The number of nitrogens with zero attached hydrogens (tertiary/aromatic N) is 2. The van der Waals surface area contributed by atoms with E-state index < -0.39 is 28.4 Å². The van der Waals surface area contributed by atoms with E-state index >= 15 is 0 Å². The van der Waals surface area contributed by atoms with E-state index in [1.54, 1.807) is 24.3 Å². The van der Waals surface area contributed by atoms with Gasteiger partial charge in [-0.3, -0.25) is 18.1 Å². The van der Waals surface area contributed by atoms with E-state index in [4.69, 9.17) is 0 Å². The van der Waals surface area contributed by atoms with Gasteiger partial charge in [0.05, 0.1) is 6.54 Å². The first-order chi connectivity index (χ1) is 12.8. The molecule has 0 radical (unpaired) electrons. The SMILES string of the molecule is CCCNC(=O)c1c(O)c(=O)cc(CN(c2ccc(C)cc2)S(=O)[O-])n1C. The Labute approximate surface area is 159 Å². The third-order valence-corrected chi connectivity index (χ3v) is 4.78. The highest BCUT2D eigenvalue weighted by Crippen LogP contribution is 2.21. The van der Waals surface area contributed by atoms with Gasteiger partial charge in [-0.25, -0.2) is 0 Å². The van der Waals surface area contributed by atoms with Crippen LogP contribution < -0.4 is 15.1 Å². The van der Waals surface area contributed by atoms with Gasteiger partial charge in [-0.15, -0.1) is 0 Å². The molecule has 0 aliphatic heterocycles. The molecule has 9 heteroatoms. The Morgan fingerprint density at radius 2 is 1.96 bits per heavy atom. The molecule has 0 bridgehead atoms. The number of hydrogen-bond acceptors (Lipinski definition) is 5. The number of hydrogen-bond donors (Lipinski definition) is 2.